The van der Waals surface area contributed by atoms with E-state index in [0.29, 0.717) is 28.5 Å². The quantitative estimate of drug-likeness (QED) is 0.423. The number of nitrogens with one attached hydrogen (secondary N) is 2. The summed E-state index contributed by atoms with van der Waals surface area (Å²) < 4.78 is 13.2. The molecule has 8 heteroatoms. The van der Waals surface area contributed by atoms with Crippen molar-refractivity contribution in [1.82, 2.24) is 15.5 Å². The van der Waals surface area contributed by atoms with Crippen molar-refractivity contribution >= 4 is 28.3 Å². The molecule has 3 rings (SSSR count). The summed E-state index contributed by atoms with van der Waals surface area (Å²) in [7, 11) is 0. The van der Waals surface area contributed by atoms with Crippen LogP contribution in [0.2, 0.25) is 0 Å². The summed E-state index contributed by atoms with van der Waals surface area (Å²) in [6, 6.07) is 14.7. The van der Waals surface area contributed by atoms with Crippen LogP contribution in [0.4, 0.5) is 9.52 Å². The molecular weight excluding hydrogens is 451 g/mol. The second-order valence-corrected chi connectivity index (χ2v) is 10.8. The summed E-state index contributed by atoms with van der Waals surface area (Å²) >= 11 is 1.19. The summed E-state index contributed by atoms with van der Waals surface area (Å²) in [5.74, 6) is -0.653. The van der Waals surface area contributed by atoms with Gasteiger partial charge >= 0.3 is 0 Å². The van der Waals surface area contributed by atoms with E-state index in [1.807, 2.05) is 30.3 Å². The van der Waals surface area contributed by atoms with Crippen LogP contribution in [0.25, 0.3) is 10.6 Å². The van der Waals surface area contributed by atoms with Crippen molar-refractivity contribution in [2.45, 2.75) is 53.0 Å². The van der Waals surface area contributed by atoms with Crippen molar-refractivity contribution in [2.75, 3.05) is 5.32 Å². The van der Waals surface area contributed by atoms with Gasteiger partial charge < -0.3 is 5.32 Å². The van der Waals surface area contributed by atoms with E-state index in [-0.39, 0.29) is 29.0 Å². The average molecular weight is 483 g/mol. The zero-order chi connectivity index (χ0) is 24.7. The van der Waals surface area contributed by atoms with Crippen LogP contribution in [0.1, 0.15) is 46.1 Å². The summed E-state index contributed by atoms with van der Waals surface area (Å²) in [5, 5.41) is 14.7. The highest BCUT2D eigenvalue weighted by Crippen LogP contribution is 2.27. The monoisotopic (exact) mass is 482 g/mol. The molecule has 180 valence electrons. The smallest absolute Gasteiger partial charge is 0.249 e. The van der Waals surface area contributed by atoms with E-state index >= 15 is 0 Å². The first-order valence-electron chi connectivity index (χ1n) is 11.3. The van der Waals surface area contributed by atoms with Crippen LogP contribution in [-0.2, 0) is 16.0 Å². The zero-order valence-electron chi connectivity index (χ0n) is 20.0. The van der Waals surface area contributed by atoms with Gasteiger partial charge in [-0.05, 0) is 47.6 Å². The Bertz CT molecular complexity index is 1090. The number of halogens is 1. The second kappa shape index (κ2) is 11.3. The minimum Gasteiger partial charge on any atom is -0.344 e. The fraction of sp³-hybridized carbons (Fsp3) is 0.385. The molecule has 2 aromatic carbocycles. The average Bonchev–Trinajstić information content (AvgIpc) is 3.21. The van der Waals surface area contributed by atoms with Crippen LogP contribution >= 0.6 is 11.3 Å². The number of anilines is 1. The Morgan fingerprint density at radius 3 is 2.35 bits per heavy atom. The molecule has 0 fully saturated rings. The molecule has 3 aromatic rings. The summed E-state index contributed by atoms with van der Waals surface area (Å²) in [6.07, 6.45) is 1.62. The minimum atomic E-state index is -0.755. The van der Waals surface area contributed by atoms with Gasteiger partial charge in [0.2, 0.25) is 16.9 Å². The number of rotatable bonds is 9. The molecule has 6 nitrogen and oxygen atoms in total. The Labute approximate surface area is 204 Å². The van der Waals surface area contributed by atoms with Crippen LogP contribution in [-0.4, -0.2) is 28.1 Å². The van der Waals surface area contributed by atoms with Crippen molar-refractivity contribution in [1.29, 1.82) is 0 Å². The normalized spacial score (nSPS) is 13.2. The van der Waals surface area contributed by atoms with Crippen LogP contribution in [0, 0.1) is 17.2 Å². The van der Waals surface area contributed by atoms with Crippen LogP contribution in [0.15, 0.2) is 54.6 Å². The molecule has 0 bridgehead atoms. The Morgan fingerprint density at radius 1 is 1.03 bits per heavy atom. The van der Waals surface area contributed by atoms with Crippen molar-refractivity contribution in [3.8, 4) is 10.6 Å². The van der Waals surface area contributed by atoms with Crippen LogP contribution in [0.3, 0.4) is 0 Å². The highest BCUT2D eigenvalue weighted by molar-refractivity contribution is 7.18. The van der Waals surface area contributed by atoms with Crippen LogP contribution in [0.5, 0.6) is 0 Å². The molecule has 1 heterocycles. The highest BCUT2D eigenvalue weighted by atomic mass is 32.1. The van der Waals surface area contributed by atoms with Gasteiger partial charge in [-0.15, -0.1) is 10.2 Å². The van der Waals surface area contributed by atoms with Crippen molar-refractivity contribution in [3.63, 3.8) is 0 Å². The molecular formula is C26H31FN4O2S. The Morgan fingerprint density at radius 2 is 1.71 bits per heavy atom. The van der Waals surface area contributed by atoms with Gasteiger partial charge in [0, 0.05) is 18.4 Å². The van der Waals surface area contributed by atoms with Crippen molar-refractivity contribution in [3.05, 3.63) is 66.0 Å². The van der Waals surface area contributed by atoms with E-state index in [1.54, 1.807) is 12.1 Å². The fourth-order valence-electron chi connectivity index (χ4n) is 3.92. The van der Waals surface area contributed by atoms with E-state index in [2.05, 4.69) is 48.5 Å². The summed E-state index contributed by atoms with van der Waals surface area (Å²) in [4.78, 5) is 25.9. The Balaban J connectivity index is 1.69. The number of benzene rings is 2. The lowest BCUT2D eigenvalue weighted by Crippen LogP contribution is -2.45. The molecule has 2 amide bonds. The second-order valence-electron chi connectivity index (χ2n) is 9.79. The molecule has 0 spiro atoms. The molecule has 0 saturated heterocycles. The number of carbonyl (C=O) groups is 2. The fourth-order valence-corrected chi connectivity index (χ4v) is 4.67. The van der Waals surface area contributed by atoms with E-state index in [0.717, 1.165) is 12.0 Å². The third-order valence-electron chi connectivity index (χ3n) is 5.18. The number of nitrogens with zero attached hydrogens (tertiary/aromatic N) is 2. The van der Waals surface area contributed by atoms with Crippen LogP contribution < -0.4 is 10.6 Å². The topological polar surface area (TPSA) is 84.0 Å². The number of hydrogen-bond donors (Lipinski definition) is 2. The number of amides is 2. The van der Waals surface area contributed by atoms with Gasteiger partial charge in [-0.2, -0.15) is 0 Å². The van der Waals surface area contributed by atoms with Gasteiger partial charge in [0.25, 0.3) is 0 Å². The summed E-state index contributed by atoms with van der Waals surface area (Å²) in [5.41, 5.74) is 1.77. The maximum absolute atomic E-state index is 13.2. The van der Waals surface area contributed by atoms with Gasteiger partial charge in [0.1, 0.15) is 16.9 Å². The molecule has 2 N–H and O–H groups in total. The lowest BCUT2D eigenvalue weighted by molar-refractivity contribution is -0.127. The van der Waals surface area contributed by atoms with E-state index in [1.165, 1.54) is 23.5 Å². The number of carbonyl (C=O) groups excluding carboxylic acids is 2. The summed E-state index contributed by atoms with van der Waals surface area (Å²) in [6.45, 7) is 8.50. The molecule has 0 radical (unpaired) electrons. The zero-order valence-corrected chi connectivity index (χ0v) is 20.8. The number of aromatic nitrogens is 2. The van der Waals surface area contributed by atoms with E-state index in [9.17, 15) is 14.0 Å². The molecule has 0 unspecified atom stereocenters. The predicted molar refractivity (Wildman–Crippen MR) is 134 cm³/mol. The maximum atomic E-state index is 13.2. The van der Waals surface area contributed by atoms with Gasteiger partial charge in [0.05, 0.1) is 0 Å². The molecule has 0 saturated carbocycles. The van der Waals surface area contributed by atoms with E-state index in [4.69, 9.17) is 0 Å². The predicted octanol–water partition coefficient (Wildman–Crippen LogP) is 5.47. The molecule has 0 aliphatic carbocycles. The first-order chi connectivity index (χ1) is 16.1. The third kappa shape index (κ3) is 8.02. The first kappa shape index (κ1) is 25.5. The molecule has 34 heavy (non-hydrogen) atoms. The maximum Gasteiger partial charge on any atom is 0.249 e. The third-order valence-corrected chi connectivity index (χ3v) is 6.06. The van der Waals surface area contributed by atoms with Gasteiger partial charge in [-0.25, -0.2) is 4.39 Å². The lowest BCUT2D eigenvalue weighted by atomic mass is 9.84. The van der Waals surface area contributed by atoms with Crippen molar-refractivity contribution < 1.29 is 14.0 Å². The molecule has 1 aromatic heterocycles. The van der Waals surface area contributed by atoms with Gasteiger partial charge in [0.15, 0.2) is 0 Å². The van der Waals surface area contributed by atoms with E-state index < -0.39 is 6.04 Å². The first-order valence-corrected chi connectivity index (χ1v) is 12.1. The molecule has 0 aliphatic rings. The lowest BCUT2D eigenvalue weighted by Gasteiger charge is -2.24. The Kier molecular flexibility index (Phi) is 8.50. The highest BCUT2D eigenvalue weighted by Gasteiger charge is 2.25. The largest absolute Gasteiger partial charge is 0.344 e. The standard InChI is InChI=1S/C26H31FN4O2S/c1-17(16-26(2,3)4)14-22(32)28-21(15-18-8-6-5-7-9-18)23(33)29-25-31-30-24(34-25)19-10-12-20(27)13-11-19/h5-13,17,21H,14-16H2,1-4H3,(H,28,32)(H,29,31,33)/t17-,21+/m1/s1. The van der Waals surface area contributed by atoms with Gasteiger partial charge in [-0.1, -0.05) is 69.4 Å². The molecule has 2 atom stereocenters. The minimum absolute atomic E-state index is 0.126. The molecule has 0 aliphatic heterocycles. The van der Waals surface area contributed by atoms with Gasteiger partial charge in [-0.3, -0.25) is 14.9 Å². The Hall–Kier alpha value is -3.13. The number of hydrogen-bond acceptors (Lipinski definition) is 5. The van der Waals surface area contributed by atoms with Crippen molar-refractivity contribution in [2.24, 2.45) is 11.3 Å². The SMILES string of the molecule is C[C@H](CC(=O)N[C@@H](Cc1ccccc1)C(=O)Nc1nnc(-c2ccc(F)cc2)s1)CC(C)(C)C.